The van der Waals surface area contributed by atoms with Crippen molar-refractivity contribution >= 4 is 34.4 Å². The number of fused-ring (bicyclic) bond motifs is 3. The highest BCUT2D eigenvalue weighted by Gasteiger charge is 2.27. The summed E-state index contributed by atoms with van der Waals surface area (Å²) in [7, 11) is 2.00. The number of benzene rings is 1. The first-order valence-electron chi connectivity index (χ1n) is 9.07. The quantitative estimate of drug-likeness (QED) is 0.714. The van der Waals surface area contributed by atoms with Crippen LogP contribution in [0.5, 0.6) is 0 Å². The molecule has 1 unspecified atom stereocenters. The van der Waals surface area contributed by atoms with Crippen molar-refractivity contribution in [3.63, 3.8) is 0 Å². The number of hydrogen-bond donors (Lipinski definition) is 2. The first kappa shape index (κ1) is 17.9. The SMILES string of the molecule is CC(C)C(=O)N[C@@H](C)c1cccc(C2Nc3c(ncc4ncn(C)c34)S2)c1. The highest BCUT2D eigenvalue weighted by molar-refractivity contribution is 8.00. The van der Waals surface area contributed by atoms with E-state index in [1.54, 1.807) is 11.8 Å². The highest BCUT2D eigenvalue weighted by Crippen LogP contribution is 2.47. The van der Waals surface area contributed by atoms with Crippen molar-refractivity contribution < 1.29 is 4.79 Å². The van der Waals surface area contributed by atoms with Crippen molar-refractivity contribution in [2.75, 3.05) is 5.32 Å². The summed E-state index contributed by atoms with van der Waals surface area (Å²) in [6, 6.07) is 8.33. The van der Waals surface area contributed by atoms with Gasteiger partial charge in [-0.3, -0.25) is 4.79 Å². The Morgan fingerprint density at radius 2 is 2.11 bits per heavy atom. The molecule has 7 heteroatoms. The van der Waals surface area contributed by atoms with Crippen molar-refractivity contribution in [2.24, 2.45) is 13.0 Å². The predicted octanol–water partition coefficient (Wildman–Crippen LogP) is 4.02. The second-order valence-corrected chi connectivity index (χ2v) is 8.32. The molecule has 2 N–H and O–H groups in total. The molecule has 140 valence electrons. The zero-order valence-corrected chi connectivity index (χ0v) is 16.7. The zero-order chi connectivity index (χ0) is 19.1. The molecule has 2 aromatic heterocycles. The molecular formula is C20H23N5OS. The normalized spacial score (nSPS) is 17.0. The van der Waals surface area contributed by atoms with Gasteiger partial charge in [0.05, 0.1) is 29.8 Å². The van der Waals surface area contributed by atoms with E-state index >= 15 is 0 Å². The summed E-state index contributed by atoms with van der Waals surface area (Å²) in [4.78, 5) is 20.9. The zero-order valence-electron chi connectivity index (χ0n) is 15.9. The standard InChI is InChI=1S/C20H23N5OS/c1-11(2)18(26)23-12(3)13-6-5-7-14(8-13)19-24-16-17-15(22-10-25(17)4)9-21-20(16)27-19/h5-12,19,24H,1-4H3,(H,23,26)/t12-,19?/m0/s1. The maximum Gasteiger partial charge on any atom is 0.223 e. The van der Waals surface area contributed by atoms with Crippen LogP contribution in [0.4, 0.5) is 5.69 Å². The maximum absolute atomic E-state index is 12.0. The molecule has 0 fully saturated rings. The van der Waals surface area contributed by atoms with Crippen molar-refractivity contribution in [1.82, 2.24) is 19.9 Å². The molecule has 1 aliphatic heterocycles. The minimum absolute atomic E-state index is 0.0236. The number of aryl methyl sites for hydroxylation is 1. The maximum atomic E-state index is 12.0. The van der Waals surface area contributed by atoms with Gasteiger partial charge in [-0.15, -0.1) is 0 Å². The van der Waals surface area contributed by atoms with E-state index < -0.39 is 0 Å². The van der Waals surface area contributed by atoms with E-state index in [-0.39, 0.29) is 23.2 Å². The molecule has 0 bridgehead atoms. The summed E-state index contributed by atoms with van der Waals surface area (Å²) in [5.74, 6) is 0.0426. The molecule has 6 nitrogen and oxygen atoms in total. The fourth-order valence-corrected chi connectivity index (χ4v) is 4.30. The van der Waals surface area contributed by atoms with Crippen molar-refractivity contribution in [3.05, 3.63) is 47.9 Å². The van der Waals surface area contributed by atoms with Gasteiger partial charge in [0.2, 0.25) is 5.91 Å². The van der Waals surface area contributed by atoms with E-state index in [0.29, 0.717) is 0 Å². The minimum Gasteiger partial charge on any atom is -0.365 e. The summed E-state index contributed by atoms with van der Waals surface area (Å²) in [5, 5.41) is 7.74. The lowest BCUT2D eigenvalue weighted by atomic mass is 10.0. The number of thioether (sulfide) groups is 1. The van der Waals surface area contributed by atoms with E-state index in [0.717, 1.165) is 32.9 Å². The number of aromatic nitrogens is 3. The molecule has 0 aliphatic carbocycles. The fraction of sp³-hybridized carbons (Fsp3) is 0.350. The Bertz CT molecular complexity index is 1010. The van der Waals surface area contributed by atoms with Gasteiger partial charge in [0, 0.05) is 13.0 Å². The van der Waals surface area contributed by atoms with Crippen LogP contribution in [0.15, 0.2) is 41.8 Å². The van der Waals surface area contributed by atoms with Crippen LogP contribution < -0.4 is 10.6 Å². The molecule has 1 amide bonds. The Morgan fingerprint density at radius 1 is 1.30 bits per heavy atom. The van der Waals surface area contributed by atoms with Gasteiger partial charge in [-0.2, -0.15) is 0 Å². The van der Waals surface area contributed by atoms with Gasteiger partial charge in [-0.1, -0.05) is 49.9 Å². The third-order valence-electron chi connectivity index (χ3n) is 4.82. The molecular weight excluding hydrogens is 358 g/mol. The fourth-order valence-electron chi connectivity index (χ4n) is 3.23. The average Bonchev–Trinajstić information content (AvgIpc) is 3.25. The minimum atomic E-state index is -0.0319. The van der Waals surface area contributed by atoms with Crippen molar-refractivity contribution in [2.45, 2.75) is 37.2 Å². The van der Waals surface area contributed by atoms with Gasteiger partial charge in [0.25, 0.3) is 0 Å². The number of carbonyl (C=O) groups is 1. The van der Waals surface area contributed by atoms with Gasteiger partial charge < -0.3 is 15.2 Å². The Hall–Kier alpha value is -2.54. The summed E-state index contributed by atoms with van der Waals surface area (Å²) < 4.78 is 2.02. The predicted molar refractivity (Wildman–Crippen MR) is 109 cm³/mol. The number of amides is 1. The third-order valence-corrected chi connectivity index (χ3v) is 5.98. The highest BCUT2D eigenvalue weighted by atomic mass is 32.2. The van der Waals surface area contributed by atoms with E-state index in [9.17, 15) is 4.79 Å². The van der Waals surface area contributed by atoms with Crippen molar-refractivity contribution in [3.8, 4) is 0 Å². The first-order chi connectivity index (χ1) is 12.9. The van der Waals surface area contributed by atoms with Gasteiger partial charge in [0.1, 0.15) is 15.9 Å². The second kappa shape index (κ2) is 6.88. The van der Waals surface area contributed by atoms with Crippen LogP contribution in [0.3, 0.4) is 0 Å². The Labute approximate surface area is 162 Å². The number of imidazole rings is 1. The number of carbonyl (C=O) groups excluding carboxylic acids is 1. The molecule has 0 spiro atoms. The number of nitrogens with one attached hydrogen (secondary N) is 2. The Balaban J connectivity index is 1.59. The Morgan fingerprint density at radius 3 is 2.89 bits per heavy atom. The molecule has 3 heterocycles. The van der Waals surface area contributed by atoms with Crippen LogP contribution in [0, 0.1) is 5.92 Å². The number of nitrogens with zero attached hydrogens (tertiary/aromatic N) is 3. The van der Waals surface area contributed by atoms with Crippen LogP contribution in [0.1, 0.15) is 43.3 Å². The summed E-state index contributed by atoms with van der Waals surface area (Å²) in [6.07, 6.45) is 3.64. The molecule has 4 rings (SSSR count). The lowest BCUT2D eigenvalue weighted by Crippen LogP contribution is -2.30. The van der Waals surface area contributed by atoms with E-state index in [2.05, 4.69) is 38.8 Å². The van der Waals surface area contributed by atoms with E-state index in [1.165, 1.54) is 0 Å². The van der Waals surface area contributed by atoms with Gasteiger partial charge in [0.15, 0.2) is 0 Å². The summed E-state index contributed by atoms with van der Waals surface area (Å²) >= 11 is 1.70. The monoisotopic (exact) mass is 381 g/mol. The number of pyridine rings is 1. The molecule has 1 aliphatic rings. The number of hydrogen-bond acceptors (Lipinski definition) is 5. The number of anilines is 1. The summed E-state index contributed by atoms with van der Waals surface area (Å²) in [6.45, 7) is 5.83. The molecule has 27 heavy (non-hydrogen) atoms. The van der Waals surface area contributed by atoms with Crippen LogP contribution in [-0.4, -0.2) is 20.4 Å². The first-order valence-corrected chi connectivity index (χ1v) is 9.95. The van der Waals surface area contributed by atoms with E-state index in [1.807, 2.05) is 51.0 Å². The smallest absolute Gasteiger partial charge is 0.223 e. The molecule has 0 saturated heterocycles. The van der Waals surface area contributed by atoms with Crippen LogP contribution in [0.25, 0.3) is 11.0 Å². The van der Waals surface area contributed by atoms with Gasteiger partial charge in [-0.05, 0) is 18.1 Å². The third kappa shape index (κ3) is 3.27. The molecule has 1 aromatic carbocycles. The lowest BCUT2D eigenvalue weighted by Gasteiger charge is -2.18. The van der Waals surface area contributed by atoms with E-state index in [4.69, 9.17) is 0 Å². The van der Waals surface area contributed by atoms with Gasteiger partial charge >= 0.3 is 0 Å². The number of rotatable bonds is 4. The summed E-state index contributed by atoms with van der Waals surface area (Å²) in [5.41, 5.74) is 5.26. The average molecular weight is 382 g/mol. The lowest BCUT2D eigenvalue weighted by molar-refractivity contribution is -0.124. The molecule has 0 radical (unpaired) electrons. The van der Waals surface area contributed by atoms with Crippen LogP contribution in [0.2, 0.25) is 0 Å². The largest absolute Gasteiger partial charge is 0.365 e. The topological polar surface area (TPSA) is 71.8 Å². The second-order valence-electron chi connectivity index (χ2n) is 7.22. The molecule has 2 atom stereocenters. The Kier molecular flexibility index (Phi) is 4.55. The molecule has 0 saturated carbocycles. The van der Waals surface area contributed by atoms with Crippen molar-refractivity contribution in [1.29, 1.82) is 0 Å². The van der Waals surface area contributed by atoms with Crippen LogP contribution in [-0.2, 0) is 11.8 Å². The van der Waals surface area contributed by atoms with Crippen LogP contribution >= 0.6 is 11.8 Å². The van der Waals surface area contributed by atoms with Gasteiger partial charge in [-0.25, -0.2) is 9.97 Å². The molecule has 3 aromatic rings.